The molecular formula is C18H14F3IN2O3. The van der Waals surface area contributed by atoms with Crippen LogP contribution in [0.3, 0.4) is 0 Å². The van der Waals surface area contributed by atoms with Gasteiger partial charge in [-0.25, -0.2) is 4.90 Å². The number of rotatable bonds is 1. The smallest absolute Gasteiger partial charge is 0.366 e. The van der Waals surface area contributed by atoms with Crippen LogP contribution in [0, 0.1) is 23.2 Å². The third kappa shape index (κ3) is 2.32. The van der Waals surface area contributed by atoms with Gasteiger partial charge in [0.25, 0.3) is 0 Å². The molecule has 0 radical (unpaired) electrons. The number of hydrogen-bond acceptors (Lipinski definition) is 4. The molecule has 0 N–H and O–H groups in total. The van der Waals surface area contributed by atoms with Crippen molar-refractivity contribution in [2.24, 2.45) is 11.8 Å². The molecule has 0 aromatic heterocycles. The van der Waals surface area contributed by atoms with Crippen molar-refractivity contribution < 1.29 is 27.5 Å². The third-order valence-corrected chi connectivity index (χ3v) is 7.61. The number of imide groups is 1. The van der Waals surface area contributed by atoms with Crippen LogP contribution in [0.25, 0.3) is 0 Å². The number of alkyl halides is 4. The number of anilines is 1. The van der Waals surface area contributed by atoms with E-state index in [0.29, 0.717) is 12.5 Å². The maximum atomic E-state index is 13.3. The van der Waals surface area contributed by atoms with E-state index in [2.05, 4.69) is 22.6 Å². The van der Waals surface area contributed by atoms with Gasteiger partial charge in [-0.1, -0.05) is 22.6 Å². The molecule has 27 heavy (non-hydrogen) atoms. The van der Waals surface area contributed by atoms with Crippen LogP contribution in [-0.2, 0) is 20.5 Å². The first-order valence-electron chi connectivity index (χ1n) is 8.27. The second kappa shape index (κ2) is 5.44. The van der Waals surface area contributed by atoms with Crippen molar-refractivity contribution in [3.8, 4) is 6.07 Å². The van der Waals surface area contributed by atoms with Crippen molar-refractivity contribution in [2.75, 3.05) is 4.90 Å². The number of fused-ring (bicyclic) bond motifs is 5. The fourth-order valence-corrected chi connectivity index (χ4v) is 6.12. The van der Waals surface area contributed by atoms with Gasteiger partial charge in [0.05, 0.1) is 45.9 Å². The minimum absolute atomic E-state index is 0.0183. The van der Waals surface area contributed by atoms with E-state index in [-0.39, 0.29) is 9.61 Å². The molecule has 3 fully saturated rings. The van der Waals surface area contributed by atoms with E-state index in [0.717, 1.165) is 11.0 Å². The quantitative estimate of drug-likeness (QED) is 0.344. The number of ether oxygens (including phenoxy) is 1. The largest absolute Gasteiger partial charge is 0.417 e. The molecule has 5 nitrogen and oxygen atoms in total. The Morgan fingerprint density at radius 3 is 2.48 bits per heavy atom. The Morgan fingerprint density at radius 2 is 1.89 bits per heavy atom. The maximum absolute atomic E-state index is 13.3. The zero-order valence-electron chi connectivity index (χ0n) is 14.3. The van der Waals surface area contributed by atoms with Crippen LogP contribution in [0.15, 0.2) is 18.2 Å². The molecule has 0 spiro atoms. The maximum Gasteiger partial charge on any atom is 0.417 e. The number of nitriles is 1. The lowest BCUT2D eigenvalue weighted by molar-refractivity contribution is -0.138. The Labute approximate surface area is 166 Å². The van der Waals surface area contributed by atoms with Crippen LogP contribution in [0.2, 0.25) is 0 Å². The fraction of sp³-hybridized carbons (Fsp3) is 0.500. The first-order valence-corrected chi connectivity index (χ1v) is 9.52. The summed E-state index contributed by atoms with van der Waals surface area (Å²) in [5.74, 6) is -2.53. The van der Waals surface area contributed by atoms with Crippen LogP contribution in [0.4, 0.5) is 18.9 Å². The Hall–Kier alpha value is -1.67. The van der Waals surface area contributed by atoms with E-state index in [1.807, 2.05) is 0 Å². The van der Waals surface area contributed by atoms with Crippen LogP contribution >= 0.6 is 22.6 Å². The number of carbonyl (C=O) groups excluding carboxylic acids is 2. The molecule has 3 saturated heterocycles. The van der Waals surface area contributed by atoms with Crippen molar-refractivity contribution in [3.05, 3.63) is 29.3 Å². The van der Waals surface area contributed by atoms with Gasteiger partial charge in [0.1, 0.15) is 0 Å². The summed E-state index contributed by atoms with van der Waals surface area (Å²) >= 11 is 2.20. The standard InChI is InChI=1S/C18H14F3IN2O3/c1-16-6-11(22)17(2,27-16)13-12(16)14(25)24(15(13)26)9-4-3-8(7-23)10(5-9)18(19,20)21/h3-5,11-13H,6H2,1-2H3. The lowest BCUT2D eigenvalue weighted by atomic mass is 9.69. The first-order chi connectivity index (χ1) is 12.4. The predicted molar refractivity (Wildman–Crippen MR) is 96.0 cm³/mol. The highest BCUT2D eigenvalue weighted by atomic mass is 127. The molecule has 3 heterocycles. The van der Waals surface area contributed by atoms with E-state index >= 15 is 0 Å². The van der Waals surface area contributed by atoms with Gasteiger partial charge in [-0.05, 0) is 38.5 Å². The summed E-state index contributed by atoms with van der Waals surface area (Å²) in [6.45, 7) is 3.57. The molecule has 142 valence electrons. The summed E-state index contributed by atoms with van der Waals surface area (Å²) in [7, 11) is 0. The van der Waals surface area contributed by atoms with Crippen LogP contribution in [-0.4, -0.2) is 26.9 Å². The highest BCUT2D eigenvalue weighted by Gasteiger charge is 2.75. The number of carbonyl (C=O) groups is 2. The van der Waals surface area contributed by atoms with E-state index < -0.39 is 52.2 Å². The van der Waals surface area contributed by atoms with Gasteiger partial charge >= 0.3 is 6.18 Å². The van der Waals surface area contributed by atoms with Gasteiger partial charge in [-0.3, -0.25) is 9.59 Å². The average Bonchev–Trinajstić information content (AvgIpc) is 3.07. The molecule has 5 unspecified atom stereocenters. The van der Waals surface area contributed by atoms with Crippen LogP contribution < -0.4 is 4.90 Å². The highest BCUT2D eigenvalue weighted by molar-refractivity contribution is 14.1. The average molecular weight is 490 g/mol. The summed E-state index contributed by atoms with van der Waals surface area (Å²) in [6, 6.07) is 4.39. The molecule has 1 aromatic carbocycles. The van der Waals surface area contributed by atoms with Crippen LogP contribution in [0.5, 0.6) is 0 Å². The second-order valence-electron chi connectivity index (χ2n) is 7.58. The Bertz CT molecular complexity index is 927. The van der Waals surface area contributed by atoms with E-state index in [9.17, 15) is 22.8 Å². The summed E-state index contributed by atoms with van der Waals surface area (Å²) in [6.07, 6.45) is -4.17. The van der Waals surface area contributed by atoms with E-state index in [1.54, 1.807) is 13.8 Å². The van der Waals surface area contributed by atoms with Gasteiger partial charge < -0.3 is 4.74 Å². The molecule has 4 rings (SSSR count). The lowest BCUT2D eigenvalue weighted by Gasteiger charge is -2.31. The summed E-state index contributed by atoms with van der Waals surface area (Å²) < 4.78 is 45.9. The molecule has 9 heteroatoms. The number of hydrogen-bond donors (Lipinski definition) is 0. The molecule has 2 amide bonds. The molecular weight excluding hydrogens is 476 g/mol. The van der Waals surface area contributed by atoms with E-state index in [4.69, 9.17) is 10.00 Å². The molecule has 3 aliphatic rings. The second-order valence-corrected chi connectivity index (χ2v) is 9.08. The Morgan fingerprint density at radius 1 is 1.26 bits per heavy atom. The topological polar surface area (TPSA) is 70.4 Å². The SMILES string of the molecule is CC12CC(I)C(C)(O1)C1C(=O)N(c3ccc(C#N)c(C(F)(F)F)c3)C(=O)C12. The molecule has 1 aromatic rings. The van der Waals surface area contributed by atoms with Gasteiger partial charge in [0, 0.05) is 3.92 Å². The molecule has 2 bridgehead atoms. The van der Waals surface area contributed by atoms with Crippen molar-refractivity contribution in [2.45, 2.75) is 41.6 Å². The predicted octanol–water partition coefficient (Wildman–Crippen LogP) is 3.44. The third-order valence-electron chi connectivity index (χ3n) is 5.93. The van der Waals surface area contributed by atoms with Crippen molar-refractivity contribution >= 4 is 40.1 Å². The molecule has 3 aliphatic heterocycles. The van der Waals surface area contributed by atoms with Gasteiger partial charge in [-0.15, -0.1) is 0 Å². The Kier molecular flexibility index (Phi) is 3.77. The first kappa shape index (κ1) is 18.7. The molecule has 0 aliphatic carbocycles. The molecule has 0 saturated carbocycles. The Balaban J connectivity index is 1.81. The van der Waals surface area contributed by atoms with Crippen molar-refractivity contribution in [1.82, 2.24) is 0 Å². The summed E-state index contributed by atoms with van der Waals surface area (Å²) in [5, 5.41) is 8.93. The number of nitrogens with zero attached hydrogens (tertiary/aromatic N) is 2. The minimum Gasteiger partial charge on any atom is -0.366 e. The number of benzene rings is 1. The fourth-order valence-electron chi connectivity index (χ4n) is 4.73. The summed E-state index contributed by atoms with van der Waals surface area (Å²) in [4.78, 5) is 26.9. The van der Waals surface area contributed by atoms with Crippen molar-refractivity contribution in [1.29, 1.82) is 5.26 Å². The highest BCUT2D eigenvalue weighted by Crippen LogP contribution is 2.62. The van der Waals surface area contributed by atoms with Gasteiger partial charge in [0.15, 0.2) is 0 Å². The zero-order chi connectivity index (χ0) is 19.9. The summed E-state index contributed by atoms with van der Waals surface area (Å²) in [5.41, 5.74) is -3.53. The monoisotopic (exact) mass is 490 g/mol. The lowest BCUT2D eigenvalue weighted by Crippen LogP contribution is -2.46. The normalized spacial score (nSPS) is 37.7. The van der Waals surface area contributed by atoms with Crippen molar-refractivity contribution in [3.63, 3.8) is 0 Å². The van der Waals surface area contributed by atoms with E-state index in [1.165, 1.54) is 12.1 Å². The number of halogens is 4. The number of amides is 2. The van der Waals surface area contributed by atoms with Gasteiger partial charge in [-0.2, -0.15) is 18.4 Å². The van der Waals surface area contributed by atoms with Crippen LogP contribution in [0.1, 0.15) is 31.4 Å². The molecule has 5 atom stereocenters. The van der Waals surface area contributed by atoms with Gasteiger partial charge in [0.2, 0.25) is 11.8 Å². The zero-order valence-corrected chi connectivity index (χ0v) is 16.5. The minimum atomic E-state index is -4.77.